The molecule has 0 fully saturated rings. The van der Waals surface area contributed by atoms with Crippen LogP contribution >= 0.6 is 15.9 Å². The van der Waals surface area contributed by atoms with Crippen LogP contribution in [0.25, 0.3) is 0 Å². The molecule has 3 heteroatoms. The third-order valence-electron chi connectivity index (χ3n) is 3.51. The lowest BCUT2D eigenvalue weighted by Crippen LogP contribution is -2.26. The van der Waals surface area contributed by atoms with Gasteiger partial charge in [-0.05, 0) is 46.0 Å². The SMILES string of the molecule is Brc1cnccc1N1CCc2ccccc2CC1. The first-order valence-corrected chi connectivity index (χ1v) is 7.05. The molecule has 18 heavy (non-hydrogen) atoms. The summed E-state index contributed by atoms with van der Waals surface area (Å²) in [5, 5.41) is 0. The van der Waals surface area contributed by atoms with Crippen molar-refractivity contribution in [3.63, 3.8) is 0 Å². The summed E-state index contributed by atoms with van der Waals surface area (Å²) in [6, 6.07) is 10.9. The minimum absolute atomic E-state index is 1.07. The number of hydrogen-bond donors (Lipinski definition) is 0. The number of benzene rings is 1. The van der Waals surface area contributed by atoms with Gasteiger partial charge in [0.1, 0.15) is 0 Å². The summed E-state index contributed by atoms with van der Waals surface area (Å²) in [7, 11) is 0. The molecule has 0 saturated carbocycles. The van der Waals surface area contributed by atoms with Crippen LogP contribution in [0.3, 0.4) is 0 Å². The van der Waals surface area contributed by atoms with Crippen molar-refractivity contribution in [2.45, 2.75) is 12.8 Å². The predicted molar refractivity (Wildman–Crippen MR) is 78.0 cm³/mol. The van der Waals surface area contributed by atoms with E-state index in [1.807, 2.05) is 12.4 Å². The third kappa shape index (κ3) is 2.27. The van der Waals surface area contributed by atoms with Gasteiger partial charge >= 0.3 is 0 Å². The average Bonchev–Trinajstić information content (AvgIpc) is 2.62. The van der Waals surface area contributed by atoms with E-state index in [4.69, 9.17) is 0 Å². The minimum atomic E-state index is 1.07. The van der Waals surface area contributed by atoms with Gasteiger partial charge in [0, 0.05) is 25.5 Å². The van der Waals surface area contributed by atoms with Gasteiger partial charge in [-0.1, -0.05) is 24.3 Å². The predicted octanol–water partition coefficient (Wildman–Crippen LogP) is 3.45. The van der Waals surface area contributed by atoms with Gasteiger partial charge in [0.15, 0.2) is 0 Å². The Morgan fingerprint density at radius 2 is 1.67 bits per heavy atom. The van der Waals surface area contributed by atoms with E-state index in [1.54, 1.807) is 0 Å². The lowest BCUT2D eigenvalue weighted by atomic mass is 10.0. The highest BCUT2D eigenvalue weighted by molar-refractivity contribution is 9.10. The van der Waals surface area contributed by atoms with Crippen LogP contribution in [0.1, 0.15) is 11.1 Å². The van der Waals surface area contributed by atoms with Crippen molar-refractivity contribution in [1.29, 1.82) is 0 Å². The van der Waals surface area contributed by atoms with Crippen LogP contribution < -0.4 is 4.90 Å². The van der Waals surface area contributed by atoms with E-state index >= 15 is 0 Å². The van der Waals surface area contributed by atoms with Crippen molar-refractivity contribution in [2.75, 3.05) is 18.0 Å². The first-order chi connectivity index (χ1) is 8.84. The van der Waals surface area contributed by atoms with Crippen molar-refractivity contribution in [1.82, 2.24) is 4.98 Å². The Morgan fingerprint density at radius 1 is 1.00 bits per heavy atom. The maximum absolute atomic E-state index is 4.13. The summed E-state index contributed by atoms with van der Waals surface area (Å²) < 4.78 is 1.08. The van der Waals surface area contributed by atoms with Gasteiger partial charge in [0.05, 0.1) is 10.2 Å². The fourth-order valence-corrected chi connectivity index (χ4v) is 3.03. The molecule has 2 nitrogen and oxygen atoms in total. The molecule has 92 valence electrons. The molecular formula is C15H15BrN2. The molecule has 1 aromatic carbocycles. The topological polar surface area (TPSA) is 16.1 Å². The molecule has 3 rings (SSSR count). The second kappa shape index (κ2) is 5.11. The summed E-state index contributed by atoms with van der Waals surface area (Å²) in [5.41, 5.74) is 4.23. The number of anilines is 1. The van der Waals surface area contributed by atoms with Gasteiger partial charge in [0.25, 0.3) is 0 Å². The van der Waals surface area contributed by atoms with Crippen LogP contribution in [-0.4, -0.2) is 18.1 Å². The van der Waals surface area contributed by atoms with Crippen molar-refractivity contribution in [3.8, 4) is 0 Å². The first kappa shape index (κ1) is 11.7. The van der Waals surface area contributed by atoms with Crippen molar-refractivity contribution in [2.24, 2.45) is 0 Å². The average molecular weight is 303 g/mol. The van der Waals surface area contributed by atoms with Crippen molar-refractivity contribution in [3.05, 3.63) is 58.3 Å². The van der Waals surface area contributed by atoms with E-state index in [9.17, 15) is 0 Å². The van der Waals surface area contributed by atoms with Crippen LogP contribution in [0.4, 0.5) is 5.69 Å². The molecular weight excluding hydrogens is 288 g/mol. The molecule has 0 aliphatic carbocycles. The molecule has 2 aromatic rings. The van der Waals surface area contributed by atoms with Crippen LogP contribution in [0.5, 0.6) is 0 Å². The lowest BCUT2D eigenvalue weighted by molar-refractivity contribution is 0.802. The van der Waals surface area contributed by atoms with E-state index < -0.39 is 0 Å². The second-order valence-electron chi connectivity index (χ2n) is 4.58. The molecule has 1 aliphatic heterocycles. The minimum Gasteiger partial charge on any atom is -0.370 e. The van der Waals surface area contributed by atoms with Gasteiger partial charge in [-0.2, -0.15) is 0 Å². The van der Waals surface area contributed by atoms with Gasteiger partial charge < -0.3 is 4.90 Å². The third-order valence-corrected chi connectivity index (χ3v) is 4.12. The number of hydrogen-bond acceptors (Lipinski definition) is 2. The summed E-state index contributed by atoms with van der Waals surface area (Å²) in [4.78, 5) is 6.57. The Balaban J connectivity index is 1.85. The van der Waals surface area contributed by atoms with Crippen LogP contribution in [0.2, 0.25) is 0 Å². The molecule has 1 aromatic heterocycles. The standard InChI is InChI=1S/C15H15BrN2/c16-14-11-17-8-5-15(14)18-9-6-12-3-1-2-4-13(12)7-10-18/h1-5,8,11H,6-7,9-10H2. The Labute approximate surface area is 116 Å². The van der Waals surface area contributed by atoms with E-state index in [0.29, 0.717) is 0 Å². The fourth-order valence-electron chi connectivity index (χ4n) is 2.53. The number of halogens is 1. The van der Waals surface area contributed by atoms with Crippen LogP contribution in [0.15, 0.2) is 47.2 Å². The highest BCUT2D eigenvalue weighted by atomic mass is 79.9. The van der Waals surface area contributed by atoms with E-state index in [-0.39, 0.29) is 0 Å². The largest absolute Gasteiger partial charge is 0.370 e. The molecule has 0 radical (unpaired) electrons. The lowest BCUT2D eigenvalue weighted by Gasteiger charge is -2.23. The smallest absolute Gasteiger partial charge is 0.0592 e. The molecule has 0 N–H and O–H groups in total. The number of nitrogens with zero attached hydrogens (tertiary/aromatic N) is 2. The zero-order valence-electron chi connectivity index (χ0n) is 10.1. The van der Waals surface area contributed by atoms with E-state index in [2.05, 4.69) is 56.1 Å². The maximum Gasteiger partial charge on any atom is 0.0592 e. The molecule has 0 unspecified atom stereocenters. The molecule has 0 spiro atoms. The summed E-state index contributed by atoms with van der Waals surface area (Å²) in [5.74, 6) is 0. The zero-order valence-corrected chi connectivity index (χ0v) is 11.7. The Hall–Kier alpha value is -1.35. The second-order valence-corrected chi connectivity index (χ2v) is 5.44. The van der Waals surface area contributed by atoms with E-state index in [1.165, 1.54) is 16.8 Å². The molecule has 0 saturated heterocycles. The number of rotatable bonds is 1. The Bertz CT molecular complexity index is 527. The molecule has 1 aliphatic rings. The number of pyridine rings is 1. The van der Waals surface area contributed by atoms with Crippen LogP contribution in [-0.2, 0) is 12.8 Å². The van der Waals surface area contributed by atoms with Crippen LogP contribution in [0, 0.1) is 0 Å². The molecule has 2 heterocycles. The summed E-state index contributed by atoms with van der Waals surface area (Å²) in [6.07, 6.45) is 5.96. The van der Waals surface area contributed by atoms with Gasteiger partial charge in [-0.15, -0.1) is 0 Å². The Morgan fingerprint density at radius 3 is 2.28 bits per heavy atom. The highest BCUT2D eigenvalue weighted by Gasteiger charge is 2.15. The number of fused-ring (bicyclic) bond motifs is 1. The molecule has 0 bridgehead atoms. The summed E-state index contributed by atoms with van der Waals surface area (Å²) in [6.45, 7) is 2.14. The number of aromatic nitrogens is 1. The van der Waals surface area contributed by atoms with Crippen molar-refractivity contribution < 1.29 is 0 Å². The van der Waals surface area contributed by atoms with Gasteiger partial charge in [0.2, 0.25) is 0 Å². The maximum atomic E-state index is 4.13. The fraction of sp³-hybridized carbons (Fsp3) is 0.267. The zero-order chi connectivity index (χ0) is 12.4. The Kier molecular flexibility index (Phi) is 3.33. The van der Waals surface area contributed by atoms with Gasteiger partial charge in [-0.25, -0.2) is 0 Å². The normalized spacial score (nSPS) is 15.1. The highest BCUT2D eigenvalue weighted by Crippen LogP contribution is 2.27. The van der Waals surface area contributed by atoms with Crippen molar-refractivity contribution >= 4 is 21.6 Å². The quantitative estimate of drug-likeness (QED) is 0.802. The molecule has 0 amide bonds. The van der Waals surface area contributed by atoms with E-state index in [0.717, 1.165) is 30.4 Å². The summed E-state index contributed by atoms with van der Waals surface area (Å²) >= 11 is 3.59. The monoisotopic (exact) mass is 302 g/mol. The first-order valence-electron chi connectivity index (χ1n) is 6.26. The van der Waals surface area contributed by atoms with Gasteiger partial charge in [-0.3, -0.25) is 4.98 Å². The molecule has 0 atom stereocenters.